The van der Waals surface area contributed by atoms with Crippen LogP contribution in [0.3, 0.4) is 0 Å². The van der Waals surface area contributed by atoms with Gasteiger partial charge in [-0.15, -0.1) is 0 Å². The van der Waals surface area contributed by atoms with E-state index >= 15 is 0 Å². The van der Waals surface area contributed by atoms with Crippen molar-refractivity contribution in [2.75, 3.05) is 6.54 Å². The predicted octanol–water partition coefficient (Wildman–Crippen LogP) is 3.01. The number of hydrogen-bond acceptors (Lipinski definition) is 2. The van der Waals surface area contributed by atoms with Crippen molar-refractivity contribution >= 4 is 12.0 Å². The van der Waals surface area contributed by atoms with Gasteiger partial charge in [-0.3, -0.25) is 9.78 Å². The Bertz CT molecular complexity index is 564. The van der Waals surface area contributed by atoms with Crippen LogP contribution in [0.25, 0.3) is 6.08 Å². The molecular formula is C17H18N2O. The lowest BCUT2D eigenvalue weighted by atomic mass is 10.0. The summed E-state index contributed by atoms with van der Waals surface area (Å²) in [6.07, 6.45) is 6.72. The summed E-state index contributed by atoms with van der Waals surface area (Å²) in [5.41, 5.74) is 2.14. The molecule has 0 aliphatic rings. The number of carbonyl (C=O) groups is 1. The highest BCUT2D eigenvalue weighted by Gasteiger charge is 2.05. The average Bonchev–Trinajstić information content (AvgIpc) is 2.52. The van der Waals surface area contributed by atoms with E-state index in [0.29, 0.717) is 12.5 Å². The van der Waals surface area contributed by atoms with Gasteiger partial charge >= 0.3 is 0 Å². The van der Waals surface area contributed by atoms with Crippen molar-refractivity contribution in [3.63, 3.8) is 0 Å². The predicted molar refractivity (Wildman–Crippen MR) is 81.1 cm³/mol. The first-order valence-corrected chi connectivity index (χ1v) is 6.66. The molecule has 0 fully saturated rings. The zero-order valence-corrected chi connectivity index (χ0v) is 11.5. The smallest absolute Gasteiger partial charge is 0.244 e. The van der Waals surface area contributed by atoms with Crippen LogP contribution in [-0.2, 0) is 4.79 Å². The summed E-state index contributed by atoms with van der Waals surface area (Å²) < 4.78 is 0. The lowest BCUT2D eigenvalue weighted by Gasteiger charge is -2.11. The second-order valence-corrected chi connectivity index (χ2v) is 4.68. The van der Waals surface area contributed by atoms with Crippen molar-refractivity contribution in [1.29, 1.82) is 0 Å². The van der Waals surface area contributed by atoms with E-state index in [0.717, 1.165) is 5.56 Å². The minimum absolute atomic E-state index is 0.0864. The van der Waals surface area contributed by atoms with E-state index in [1.165, 1.54) is 11.6 Å². The summed E-state index contributed by atoms with van der Waals surface area (Å²) in [6.45, 7) is 2.72. The molecule has 1 unspecified atom stereocenters. The van der Waals surface area contributed by atoms with Crippen LogP contribution in [0.5, 0.6) is 0 Å². The zero-order chi connectivity index (χ0) is 14.2. The van der Waals surface area contributed by atoms with Crippen LogP contribution in [0.15, 0.2) is 60.9 Å². The molecule has 3 nitrogen and oxygen atoms in total. The maximum absolute atomic E-state index is 11.7. The molecule has 2 aromatic rings. The summed E-state index contributed by atoms with van der Waals surface area (Å²) in [5.74, 6) is 0.212. The molecule has 1 aromatic carbocycles. The topological polar surface area (TPSA) is 42.0 Å². The molecule has 1 heterocycles. The molecule has 20 heavy (non-hydrogen) atoms. The van der Waals surface area contributed by atoms with Crippen molar-refractivity contribution in [2.45, 2.75) is 12.8 Å². The molecule has 2 rings (SSSR count). The molecule has 3 heteroatoms. The standard InChI is InChI=1S/C17H18N2O/c1-14(16-7-3-2-4-8-16)12-19-17(20)10-9-15-6-5-11-18-13-15/h2-11,13-14H,12H2,1H3,(H,19,20)/b10-9+. The lowest BCUT2D eigenvalue weighted by molar-refractivity contribution is -0.116. The van der Waals surface area contributed by atoms with Crippen LogP contribution >= 0.6 is 0 Å². The quantitative estimate of drug-likeness (QED) is 0.845. The highest BCUT2D eigenvalue weighted by Crippen LogP contribution is 2.12. The molecule has 1 aromatic heterocycles. The Kier molecular flexibility index (Phi) is 5.07. The van der Waals surface area contributed by atoms with E-state index in [-0.39, 0.29) is 5.91 Å². The van der Waals surface area contributed by atoms with Gasteiger partial charge in [0.15, 0.2) is 0 Å². The monoisotopic (exact) mass is 266 g/mol. The lowest BCUT2D eigenvalue weighted by Crippen LogP contribution is -2.25. The Hall–Kier alpha value is -2.42. The number of pyridine rings is 1. The van der Waals surface area contributed by atoms with Gasteiger partial charge in [-0.2, -0.15) is 0 Å². The fourth-order valence-corrected chi connectivity index (χ4v) is 1.86. The van der Waals surface area contributed by atoms with Crippen LogP contribution in [0.1, 0.15) is 24.0 Å². The van der Waals surface area contributed by atoms with Gasteiger partial charge in [0.2, 0.25) is 5.91 Å². The van der Waals surface area contributed by atoms with Crippen molar-refractivity contribution in [2.24, 2.45) is 0 Å². The van der Waals surface area contributed by atoms with E-state index in [2.05, 4.69) is 29.4 Å². The van der Waals surface area contributed by atoms with Crippen LogP contribution < -0.4 is 5.32 Å². The third-order valence-electron chi connectivity index (χ3n) is 3.06. The molecule has 0 radical (unpaired) electrons. The van der Waals surface area contributed by atoms with Crippen LogP contribution in [0.2, 0.25) is 0 Å². The molecule has 102 valence electrons. The summed E-state index contributed by atoms with van der Waals surface area (Å²) >= 11 is 0. The molecule has 0 spiro atoms. The van der Waals surface area contributed by atoms with Crippen molar-refractivity contribution in [3.05, 3.63) is 72.1 Å². The fourth-order valence-electron chi connectivity index (χ4n) is 1.86. The van der Waals surface area contributed by atoms with E-state index < -0.39 is 0 Å². The fraction of sp³-hybridized carbons (Fsp3) is 0.176. The van der Waals surface area contributed by atoms with E-state index in [4.69, 9.17) is 0 Å². The Labute approximate surface area is 119 Å². The largest absolute Gasteiger partial charge is 0.352 e. The third-order valence-corrected chi connectivity index (χ3v) is 3.06. The number of benzene rings is 1. The van der Waals surface area contributed by atoms with Gasteiger partial charge in [0.25, 0.3) is 0 Å². The first kappa shape index (κ1) is 14.0. The van der Waals surface area contributed by atoms with Gasteiger partial charge in [0, 0.05) is 25.0 Å². The Morgan fingerprint density at radius 2 is 2.05 bits per heavy atom. The van der Waals surface area contributed by atoms with Gasteiger partial charge in [0.1, 0.15) is 0 Å². The number of carbonyl (C=O) groups excluding carboxylic acids is 1. The third kappa shape index (κ3) is 4.35. The Balaban J connectivity index is 1.82. The minimum atomic E-state index is -0.0864. The van der Waals surface area contributed by atoms with Gasteiger partial charge in [0.05, 0.1) is 0 Å². The highest BCUT2D eigenvalue weighted by molar-refractivity contribution is 5.91. The van der Waals surface area contributed by atoms with Crippen LogP contribution in [-0.4, -0.2) is 17.4 Å². The van der Waals surface area contributed by atoms with Crippen molar-refractivity contribution in [1.82, 2.24) is 10.3 Å². The van der Waals surface area contributed by atoms with E-state index in [9.17, 15) is 4.79 Å². The number of rotatable bonds is 5. The maximum Gasteiger partial charge on any atom is 0.244 e. The summed E-state index contributed by atoms with van der Waals surface area (Å²) in [5, 5.41) is 2.91. The van der Waals surface area contributed by atoms with E-state index in [1.807, 2.05) is 30.3 Å². The number of nitrogens with zero attached hydrogens (tertiary/aromatic N) is 1. The Morgan fingerprint density at radius 1 is 1.25 bits per heavy atom. The molecular weight excluding hydrogens is 248 g/mol. The molecule has 0 aliphatic carbocycles. The SMILES string of the molecule is CC(CNC(=O)/C=C/c1cccnc1)c1ccccc1. The molecule has 0 aliphatic heterocycles. The summed E-state index contributed by atoms with van der Waals surface area (Å²) in [4.78, 5) is 15.7. The van der Waals surface area contributed by atoms with Crippen molar-refractivity contribution < 1.29 is 4.79 Å². The normalized spacial score (nSPS) is 12.2. The summed E-state index contributed by atoms with van der Waals surface area (Å²) in [7, 11) is 0. The highest BCUT2D eigenvalue weighted by atomic mass is 16.1. The van der Waals surface area contributed by atoms with E-state index in [1.54, 1.807) is 18.5 Å². The Morgan fingerprint density at radius 3 is 2.75 bits per heavy atom. The zero-order valence-electron chi connectivity index (χ0n) is 11.5. The van der Waals surface area contributed by atoms with Crippen molar-refractivity contribution in [3.8, 4) is 0 Å². The molecule has 1 atom stereocenters. The second-order valence-electron chi connectivity index (χ2n) is 4.68. The van der Waals surface area contributed by atoms with Gasteiger partial charge < -0.3 is 5.32 Å². The number of nitrogens with one attached hydrogen (secondary N) is 1. The molecule has 0 saturated carbocycles. The first-order valence-electron chi connectivity index (χ1n) is 6.66. The molecule has 1 amide bonds. The van der Waals surface area contributed by atoms with Gasteiger partial charge in [-0.25, -0.2) is 0 Å². The second kappa shape index (κ2) is 7.24. The van der Waals surface area contributed by atoms with Gasteiger partial charge in [-0.05, 0) is 29.2 Å². The number of aromatic nitrogens is 1. The number of amides is 1. The summed E-state index contributed by atoms with van der Waals surface area (Å²) in [6, 6.07) is 13.9. The van der Waals surface area contributed by atoms with Gasteiger partial charge in [-0.1, -0.05) is 43.3 Å². The number of hydrogen-bond donors (Lipinski definition) is 1. The molecule has 0 saturated heterocycles. The minimum Gasteiger partial charge on any atom is -0.352 e. The average molecular weight is 266 g/mol. The van der Waals surface area contributed by atoms with Crippen LogP contribution in [0, 0.1) is 0 Å². The van der Waals surface area contributed by atoms with Crippen LogP contribution in [0.4, 0.5) is 0 Å². The maximum atomic E-state index is 11.7. The molecule has 0 bridgehead atoms. The first-order chi connectivity index (χ1) is 9.75. The molecule has 1 N–H and O–H groups in total.